The Kier molecular flexibility index (Phi) is 5.11. The van der Waals surface area contributed by atoms with E-state index in [1.807, 2.05) is 37.3 Å². The number of hydrogen-bond donors (Lipinski definition) is 1. The van der Waals surface area contributed by atoms with Gasteiger partial charge in [0.05, 0.1) is 6.10 Å². The molecule has 1 N–H and O–H groups in total. The molecule has 1 aliphatic heterocycles. The van der Waals surface area contributed by atoms with Crippen LogP contribution >= 0.6 is 0 Å². The number of benzene rings is 1. The molecule has 0 aliphatic carbocycles. The van der Waals surface area contributed by atoms with Crippen LogP contribution in [-0.4, -0.2) is 41.5 Å². The lowest BCUT2D eigenvalue weighted by Gasteiger charge is -2.33. The lowest BCUT2D eigenvalue weighted by molar-refractivity contribution is 0.0693. The van der Waals surface area contributed by atoms with E-state index in [1.165, 1.54) is 0 Å². The molecule has 0 radical (unpaired) electrons. The van der Waals surface area contributed by atoms with Gasteiger partial charge in [-0.25, -0.2) is 0 Å². The van der Waals surface area contributed by atoms with E-state index in [2.05, 4.69) is 4.90 Å². The van der Waals surface area contributed by atoms with Crippen molar-refractivity contribution in [3.63, 3.8) is 0 Å². The van der Waals surface area contributed by atoms with Gasteiger partial charge in [-0.15, -0.1) is 0 Å². The number of carbonyl (C=O) groups is 1. The highest BCUT2D eigenvalue weighted by Crippen LogP contribution is 2.20. The molecule has 0 aromatic heterocycles. The van der Waals surface area contributed by atoms with Crippen LogP contribution in [-0.2, 0) is 0 Å². The van der Waals surface area contributed by atoms with Crippen LogP contribution in [0.4, 0.5) is 0 Å². The van der Waals surface area contributed by atoms with Crippen LogP contribution in [0.2, 0.25) is 0 Å². The quantitative estimate of drug-likeness (QED) is 0.827. The van der Waals surface area contributed by atoms with Crippen molar-refractivity contribution in [1.29, 1.82) is 0 Å². The zero-order valence-corrected chi connectivity index (χ0v) is 11.6. The monoisotopic (exact) mass is 261 g/mol. The van der Waals surface area contributed by atoms with Crippen LogP contribution in [0.3, 0.4) is 0 Å². The second-order valence-electron chi connectivity index (χ2n) is 5.46. The Morgan fingerprint density at radius 2 is 1.95 bits per heavy atom. The third-order valence-corrected chi connectivity index (χ3v) is 4.07. The van der Waals surface area contributed by atoms with E-state index >= 15 is 0 Å². The summed E-state index contributed by atoms with van der Waals surface area (Å²) in [5.41, 5.74) is 0.807. The van der Waals surface area contributed by atoms with Crippen molar-refractivity contribution in [2.24, 2.45) is 5.92 Å². The third-order valence-electron chi connectivity index (χ3n) is 4.07. The van der Waals surface area contributed by atoms with E-state index in [9.17, 15) is 9.90 Å². The first-order valence-corrected chi connectivity index (χ1v) is 7.15. The number of rotatable bonds is 5. The SMILES string of the molecule is CC(O)C1CCN(CCC(=O)c2ccccc2)CC1. The molecule has 1 atom stereocenters. The summed E-state index contributed by atoms with van der Waals surface area (Å²) in [6.45, 7) is 4.70. The molecular formula is C16H23NO2. The van der Waals surface area contributed by atoms with Crippen LogP contribution in [0, 0.1) is 5.92 Å². The predicted molar refractivity (Wildman–Crippen MR) is 76.2 cm³/mol. The maximum Gasteiger partial charge on any atom is 0.164 e. The van der Waals surface area contributed by atoms with Gasteiger partial charge in [0, 0.05) is 18.5 Å². The minimum Gasteiger partial charge on any atom is -0.393 e. The van der Waals surface area contributed by atoms with Gasteiger partial charge in [-0.1, -0.05) is 30.3 Å². The zero-order valence-electron chi connectivity index (χ0n) is 11.6. The molecule has 1 fully saturated rings. The largest absolute Gasteiger partial charge is 0.393 e. The van der Waals surface area contributed by atoms with E-state index in [-0.39, 0.29) is 11.9 Å². The molecule has 0 amide bonds. The van der Waals surface area contributed by atoms with Crippen molar-refractivity contribution in [3.8, 4) is 0 Å². The fourth-order valence-corrected chi connectivity index (χ4v) is 2.69. The third kappa shape index (κ3) is 4.15. The normalized spacial score (nSPS) is 19.3. The van der Waals surface area contributed by atoms with E-state index in [0.717, 1.165) is 38.0 Å². The van der Waals surface area contributed by atoms with Gasteiger partial charge in [-0.3, -0.25) is 4.79 Å². The maximum absolute atomic E-state index is 12.0. The molecule has 2 rings (SSSR count). The Balaban J connectivity index is 1.74. The number of nitrogens with zero attached hydrogens (tertiary/aromatic N) is 1. The van der Waals surface area contributed by atoms with Gasteiger partial charge in [-0.05, 0) is 38.8 Å². The number of aliphatic hydroxyl groups is 1. The van der Waals surface area contributed by atoms with E-state index < -0.39 is 0 Å². The van der Waals surface area contributed by atoms with Gasteiger partial charge in [0.2, 0.25) is 0 Å². The lowest BCUT2D eigenvalue weighted by atomic mass is 9.92. The zero-order chi connectivity index (χ0) is 13.7. The van der Waals surface area contributed by atoms with Crippen LogP contribution in [0.1, 0.15) is 36.5 Å². The van der Waals surface area contributed by atoms with Gasteiger partial charge < -0.3 is 10.0 Å². The smallest absolute Gasteiger partial charge is 0.164 e. The Labute approximate surface area is 115 Å². The summed E-state index contributed by atoms with van der Waals surface area (Å²) >= 11 is 0. The minimum atomic E-state index is -0.201. The van der Waals surface area contributed by atoms with Gasteiger partial charge >= 0.3 is 0 Å². The van der Waals surface area contributed by atoms with E-state index in [1.54, 1.807) is 0 Å². The molecule has 104 valence electrons. The molecule has 19 heavy (non-hydrogen) atoms. The number of Topliss-reactive ketones (excluding diaryl/α,β-unsaturated/α-hetero) is 1. The predicted octanol–water partition coefficient (Wildman–Crippen LogP) is 2.35. The molecule has 3 nitrogen and oxygen atoms in total. The van der Waals surface area contributed by atoms with E-state index in [4.69, 9.17) is 0 Å². The summed E-state index contributed by atoms with van der Waals surface area (Å²) < 4.78 is 0. The van der Waals surface area contributed by atoms with Gasteiger partial charge in [0.25, 0.3) is 0 Å². The molecule has 0 bridgehead atoms. The van der Waals surface area contributed by atoms with Crippen molar-refractivity contribution in [1.82, 2.24) is 4.90 Å². The summed E-state index contributed by atoms with van der Waals surface area (Å²) in [6, 6.07) is 9.49. The van der Waals surface area contributed by atoms with Crippen LogP contribution in [0.15, 0.2) is 30.3 Å². The van der Waals surface area contributed by atoms with Gasteiger partial charge in [0.15, 0.2) is 5.78 Å². The number of ketones is 1. The Bertz CT molecular complexity index is 394. The number of aliphatic hydroxyl groups excluding tert-OH is 1. The Hall–Kier alpha value is -1.19. The second-order valence-corrected chi connectivity index (χ2v) is 5.46. The van der Waals surface area contributed by atoms with Crippen LogP contribution in [0.5, 0.6) is 0 Å². The standard InChI is InChI=1S/C16H23NO2/c1-13(18)14-7-10-17(11-8-14)12-9-16(19)15-5-3-2-4-6-15/h2-6,13-14,18H,7-12H2,1H3. The minimum absolute atomic E-state index is 0.201. The summed E-state index contributed by atoms with van der Waals surface area (Å²) in [5, 5.41) is 9.56. The first-order chi connectivity index (χ1) is 9.16. The average Bonchev–Trinajstić information content (AvgIpc) is 2.46. The summed E-state index contributed by atoms with van der Waals surface area (Å²) in [6.07, 6.45) is 2.46. The number of hydrogen-bond acceptors (Lipinski definition) is 3. The van der Waals surface area contributed by atoms with Crippen molar-refractivity contribution in [2.45, 2.75) is 32.3 Å². The molecule has 0 saturated carbocycles. The number of likely N-dealkylation sites (tertiary alicyclic amines) is 1. The molecule has 1 aliphatic rings. The first kappa shape index (κ1) is 14.2. The second kappa shape index (κ2) is 6.83. The maximum atomic E-state index is 12.0. The van der Waals surface area contributed by atoms with Crippen molar-refractivity contribution in [2.75, 3.05) is 19.6 Å². The summed E-state index contributed by atoms with van der Waals surface area (Å²) in [4.78, 5) is 14.3. The summed E-state index contributed by atoms with van der Waals surface area (Å²) in [5.74, 6) is 0.652. The van der Waals surface area contributed by atoms with Crippen molar-refractivity contribution >= 4 is 5.78 Å². The van der Waals surface area contributed by atoms with Crippen LogP contribution in [0.25, 0.3) is 0 Å². The molecule has 1 aromatic carbocycles. The van der Waals surface area contributed by atoms with Crippen LogP contribution < -0.4 is 0 Å². The van der Waals surface area contributed by atoms with Crippen molar-refractivity contribution in [3.05, 3.63) is 35.9 Å². The average molecular weight is 261 g/mol. The lowest BCUT2D eigenvalue weighted by Crippen LogP contribution is -2.38. The summed E-state index contributed by atoms with van der Waals surface area (Å²) in [7, 11) is 0. The van der Waals surface area contributed by atoms with E-state index in [0.29, 0.717) is 12.3 Å². The topological polar surface area (TPSA) is 40.5 Å². The van der Waals surface area contributed by atoms with Crippen molar-refractivity contribution < 1.29 is 9.90 Å². The highest BCUT2D eigenvalue weighted by molar-refractivity contribution is 5.96. The fourth-order valence-electron chi connectivity index (χ4n) is 2.69. The van der Waals surface area contributed by atoms with Gasteiger partial charge in [-0.2, -0.15) is 0 Å². The molecule has 0 spiro atoms. The molecule has 1 aromatic rings. The van der Waals surface area contributed by atoms with Gasteiger partial charge in [0.1, 0.15) is 0 Å². The number of piperidine rings is 1. The molecule has 1 saturated heterocycles. The molecule has 1 unspecified atom stereocenters. The first-order valence-electron chi connectivity index (χ1n) is 7.15. The Morgan fingerprint density at radius 1 is 1.32 bits per heavy atom. The Morgan fingerprint density at radius 3 is 2.53 bits per heavy atom. The number of carbonyl (C=O) groups excluding carboxylic acids is 1. The fraction of sp³-hybridized carbons (Fsp3) is 0.562. The molecular weight excluding hydrogens is 238 g/mol. The molecule has 3 heteroatoms. The highest BCUT2D eigenvalue weighted by atomic mass is 16.3. The molecule has 1 heterocycles. The highest BCUT2D eigenvalue weighted by Gasteiger charge is 2.22.